The van der Waals surface area contributed by atoms with Crippen molar-refractivity contribution >= 4 is 15.9 Å². The van der Waals surface area contributed by atoms with Gasteiger partial charge in [0.15, 0.2) is 0 Å². The molecule has 3 nitrogen and oxygen atoms in total. The van der Waals surface area contributed by atoms with Crippen LogP contribution in [-0.2, 0) is 13.5 Å². The average Bonchev–Trinajstić information content (AvgIpc) is 2.71. The van der Waals surface area contributed by atoms with Crippen LogP contribution in [0, 0.1) is 5.82 Å². The van der Waals surface area contributed by atoms with Gasteiger partial charge >= 0.3 is 0 Å². The highest BCUT2D eigenvalue weighted by Crippen LogP contribution is 2.21. The zero-order valence-corrected chi connectivity index (χ0v) is 11.9. The average molecular weight is 312 g/mol. The summed E-state index contributed by atoms with van der Waals surface area (Å²) >= 11 is 3.31. The van der Waals surface area contributed by atoms with Crippen LogP contribution in [0.2, 0.25) is 0 Å². The fraction of sp³-hybridized carbons (Fsp3) is 0.308. The molecule has 0 aliphatic heterocycles. The number of rotatable bonds is 4. The molecule has 0 radical (unpaired) electrons. The van der Waals surface area contributed by atoms with Gasteiger partial charge in [0.25, 0.3) is 0 Å². The number of aryl methyl sites for hydroxylation is 1. The molecule has 2 rings (SSSR count). The van der Waals surface area contributed by atoms with Crippen molar-refractivity contribution in [3.8, 4) is 0 Å². The normalized spacial score (nSPS) is 12.7. The van der Waals surface area contributed by atoms with Gasteiger partial charge in [-0.2, -0.15) is 0 Å². The molecule has 0 aliphatic carbocycles. The van der Waals surface area contributed by atoms with Gasteiger partial charge in [0.1, 0.15) is 5.82 Å². The predicted molar refractivity (Wildman–Crippen MR) is 72.8 cm³/mol. The lowest BCUT2D eigenvalue weighted by atomic mass is 10.0. The first-order valence-corrected chi connectivity index (χ1v) is 6.48. The van der Waals surface area contributed by atoms with Gasteiger partial charge in [-0.3, -0.25) is 0 Å². The van der Waals surface area contributed by atoms with Crippen molar-refractivity contribution in [2.45, 2.75) is 12.5 Å². The SMILES string of the molecule is CNC(Cc1cc(F)cc(Br)c1)c1cncn1C. The van der Waals surface area contributed by atoms with E-state index in [9.17, 15) is 4.39 Å². The zero-order chi connectivity index (χ0) is 13.1. The second-order valence-electron chi connectivity index (χ2n) is 4.25. The maximum absolute atomic E-state index is 13.3. The number of nitrogens with zero attached hydrogens (tertiary/aromatic N) is 2. The van der Waals surface area contributed by atoms with Crippen LogP contribution in [0.25, 0.3) is 0 Å². The van der Waals surface area contributed by atoms with Crippen molar-refractivity contribution in [2.24, 2.45) is 7.05 Å². The molecule has 0 fully saturated rings. The predicted octanol–water partition coefficient (Wildman–Crippen LogP) is 2.82. The van der Waals surface area contributed by atoms with E-state index in [-0.39, 0.29) is 11.9 Å². The summed E-state index contributed by atoms with van der Waals surface area (Å²) in [4.78, 5) is 4.11. The summed E-state index contributed by atoms with van der Waals surface area (Å²) in [5.41, 5.74) is 2.03. The summed E-state index contributed by atoms with van der Waals surface area (Å²) in [5.74, 6) is -0.223. The van der Waals surface area contributed by atoms with E-state index in [0.29, 0.717) is 6.42 Å². The lowest BCUT2D eigenvalue weighted by Crippen LogP contribution is -2.21. The molecule has 0 spiro atoms. The minimum absolute atomic E-state index is 0.117. The summed E-state index contributed by atoms with van der Waals surface area (Å²) in [6.45, 7) is 0. The van der Waals surface area contributed by atoms with Gasteiger partial charge < -0.3 is 9.88 Å². The molecule has 1 aromatic heterocycles. The Morgan fingerprint density at radius 2 is 2.22 bits per heavy atom. The first kappa shape index (κ1) is 13.2. The Morgan fingerprint density at radius 3 is 2.78 bits per heavy atom. The quantitative estimate of drug-likeness (QED) is 0.941. The Bertz CT molecular complexity index is 519. The van der Waals surface area contributed by atoms with Crippen molar-refractivity contribution in [3.63, 3.8) is 0 Å². The first-order chi connectivity index (χ1) is 8.60. The Kier molecular flexibility index (Phi) is 4.14. The minimum Gasteiger partial charge on any atom is -0.336 e. The zero-order valence-electron chi connectivity index (χ0n) is 10.3. The molecule has 5 heteroatoms. The molecule has 1 atom stereocenters. The Hall–Kier alpha value is -1.20. The van der Waals surface area contributed by atoms with Crippen LogP contribution in [0.15, 0.2) is 35.2 Å². The number of likely N-dealkylation sites (N-methyl/N-ethyl adjacent to an activating group) is 1. The van der Waals surface area contributed by atoms with Gasteiger partial charge in [0.05, 0.1) is 18.1 Å². The summed E-state index contributed by atoms with van der Waals surface area (Å²) < 4.78 is 16.1. The maximum atomic E-state index is 13.3. The smallest absolute Gasteiger partial charge is 0.124 e. The summed E-state index contributed by atoms with van der Waals surface area (Å²) in [6, 6.07) is 5.07. The van der Waals surface area contributed by atoms with E-state index in [1.54, 1.807) is 12.4 Å². The van der Waals surface area contributed by atoms with Gasteiger partial charge in [-0.1, -0.05) is 15.9 Å². The molecule has 96 valence electrons. The van der Waals surface area contributed by atoms with Crippen LogP contribution in [0.1, 0.15) is 17.3 Å². The summed E-state index contributed by atoms with van der Waals surface area (Å²) in [7, 11) is 3.85. The second kappa shape index (κ2) is 5.63. The van der Waals surface area contributed by atoms with E-state index in [1.165, 1.54) is 6.07 Å². The van der Waals surface area contributed by atoms with E-state index >= 15 is 0 Å². The summed E-state index contributed by atoms with van der Waals surface area (Å²) in [5, 5.41) is 3.23. The van der Waals surface area contributed by atoms with Crippen LogP contribution < -0.4 is 5.32 Å². The van der Waals surface area contributed by atoms with Gasteiger partial charge in [-0.15, -0.1) is 0 Å². The molecule has 0 saturated heterocycles. The third-order valence-corrected chi connectivity index (χ3v) is 3.38. The molecular formula is C13H15BrFN3. The van der Waals surface area contributed by atoms with E-state index in [1.807, 2.05) is 30.9 Å². The van der Waals surface area contributed by atoms with Crippen LogP contribution >= 0.6 is 15.9 Å². The number of hydrogen-bond acceptors (Lipinski definition) is 2. The Morgan fingerprint density at radius 1 is 1.44 bits per heavy atom. The first-order valence-electron chi connectivity index (χ1n) is 5.68. The number of imidazole rings is 1. The molecule has 1 N–H and O–H groups in total. The number of hydrogen-bond donors (Lipinski definition) is 1. The third-order valence-electron chi connectivity index (χ3n) is 2.92. The molecule has 1 unspecified atom stereocenters. The third kappa shape index (κ3) is 2.97. The topological polar surface area (TPSA) is 29.9 Å². The van der Waals surface area contributed by atoms with Crippen molar-refractivity contribution in [1.29, 1.82) is 0 Å². The van der Waals surface area contributed by atoms with Crippen molar-refractivity contribution in [2.75, 3.05) is 7.05 Å². The van der Waals surface area contributed by atoms with E-state index in [0.717, 1.165) is 15.7 Å². The van der Waals surface area contributed by atoms with E-state index < -0.39 is 0 Å². The molecule has 1 aromatic carbocycles. The van der Waals surface area contributed by atoms with Crippen molar-refractivity contribution < 1.29 is 4.39 Å². The van der Waals surface area contributed by atoms with Crippen LogP contribution in [0.3, 0.4) is 0 Å². The highest BCUT2D eigenvalue weighted by molar-refractivity contribution is 9.10. The second-order valence-corrected chi connectivity index (χ2v) is 5.17. The molecule has 0 aliphatic rings. The highest BCUT2D eigenvalue weighted by Gasteiger charge is 2.14. The molecule has 2 aromatic rings. The van der Waals surface area contributed by atoms with Gasteiger partial charge in [0, 0.05) is 17.7 Å². The largest absolute Gasteiger partial charge is 0.336 e. The maximum Gasteiger partial charge on any atom is 0.124 e. The molecular weight excluding hydrogens is 297 g/mol. The van der Waals surface area contributed by atoms with Gasteiger partial charge in [-0.05, 0) is 37.2 Å². The monoisotopic (exact) mass is 311 g/mol. The number of aromatic nitrogens is 2. The lowest BCUT2D eigenvalue weighted by molar-refractivity contribution is 0.551. The fourth-order valence-corrected chi connectivity index (χ4v) is 2.53. The minimum atomic E-state index is -0.223. The van der Waals surface area contributed by atoms with Gasteiger partial charge in [0.2, 0.25) is 0 Å². The Balaban J connectivity index is 2.23. The van der Waals surface area contributed by atoms with Crippen LogP contribution in [-0.4, -0.2) is 16.6 Å². The standard InChI is InChI=1S/C13H15BrFN3/c1-16-12(13-7-17-8-18(13)2)5-9-3-10(14)6-11(15)4-9/h3-4,6-8,12,16H,5H2,1-2H3. The highest BCUT2D eigenvalue weighted by atomic mass is 79.9. The number of nitrogens with one attached hydrogen (secondary N) is 1. The van der Waals surface area contributed by atoms with Crippen LogP contribution in [0.4, 0.5) is 4.39 Å². The molecule has 1 heterocycles. The van der Waals surface area contributed by atoms with Crippen molar-refractivity contribution in [3.05, 3.63) is 52.3 Å². The Labute approximate surface area is 114 Å². The molecule has 0 bridgehead atoms. The van der Waals surface area contributed by atoms with Gasteiger partial charge in [-0.25, -0.2) is 9.37 Å². The van der Waals surface area contributed by atoms with Crippen molar-refractivity contribution in [1.82, 2.24) is 14.9 Å². The lowest BCUT2D eigenvalue weighted by Gasteiger charge is -2.17. The summed E-state index contributed by atoms with van der Waals surface area (Å²) in [6.07, 6.45) is 4.31. The molecule has 18 heavy (non-hydrogen) atoms. The molecule has 0 saturated carbocycles. The van der Waals surface area contributed by atoms with E-state index in [2.05, 4.69) is 26.2 Å². The fourth-order valence-electron chi connectivity index (χ4n) is 2.02. The number of benzene rings is 1. The van der Waals surface area contributed by atoms with E-state index in [4.69, 9.17) is 0 Å². The van der Waals surface area contributed by atoms with Crippen LogP contribution in [0.5, 0.6) is 0 Å². The number of halogens is 2. The molecule has 0 amide bonds.